The number of Topliss-reactive ketones (excluding diaryl/α,β-unsaturated/α-hetero) is 1. The minimum Gasteiger partial charge on any atom is -0.468 e. The highest BCUT2D eigenvalue weighted by molar-refractivity contribution is 6.39. The van der Waals surface area contributed by atoms with Crippen LogP contribution in [-0.4, -0.2) is 23.7 Å². The Morgan fingerprint density at radius 1 is 1.69 bits per heavy atom. The summed E-state index contributed by atoms with van der Waals surface area (Å²) in [4.78, 5) is 21.7. The minimum absolute atomic E-state index is 0.0304. The zero-order chi connectivity index (χ0) is 9.64. The lowest BCUT2D eigenvalue weighted by Gasteiger charge is -2.04. The van der Waals surface area contributed by atoms with Gasteiger partial charge in [0.15, 0.2) is 4.87 Å². The number of ether oxygens (including phenoxy) is 1. The summed E-state index contributed by atoms with van der Waals surface area (Å²) < 4.78 is 4.59. The van der Waals surface area contributed by atoms with E-state index in [1.165, 1.54) is 7.11 Å². The largest absolute Gasteiger partial charge is 0.468 e. The van der Waals surface area contributed by atoms with Crippen molar-refractivity contribution in [1.82, 2.24) is 0 Å². The molecule has 0 aromatic heterocycles. The molecule has 0 N–H and O–H groups in total. The van der Waals surface area contributed by atoms with Crippen LogP contribution in [0.25, 0.3) is 0 Å². The molecule has 4 heteroatoms. The van der Waals surface area contributed by atoms with E-state index in [0.717, 1.165) is 12.8 Å². The van der Waals surface area contributed by atoms with E-state index >= 15 is 0 Å². The summed E-state index contributed by atoms with van der Waals surface area (Å²) in [7, 11) is 1.31. The molecule has 3 nitrogen and oxygen atoms in total. The third kappa shape index (κ3) is 1.03. The molecule has 0 spiro atoms. The molecule has 13 heavy (non-hydrogen) atoms. The Morgan fingerprint density at radius 3 is 2.92 bits per heavy atom. The van der Waals surface area contributed by atoms with Crippen LogP contribution in [0, 0.1) is 11.8 Å². The maximum Gasteiger partial charge on any atom is 0.328 e. The van der Waals surface area contributed by atoms with Crippen molar-refractivity contribution in [2.24, 2.45) is 11.8 Å². The molecule has 0 aromatic carbocycles. The fourth-order valence-corrected chi connectivity index (χ4v) is 2.87. The van der Waals surface area contributed by atoms with Gasteiger partial charge in [-0.2, -0.15) is 0 Å². The van der Waals surface area contributed by atoms with Crippen molar-refractivity contribution in [2.45, 2.75) is 24.1 Å². The number of alkyl halides is 1. The van der Waals surface area contributed by atoms with Crippen molar-refractivity contribution in [2.75, 3.05) is 7.11 Å². The lowest BCUT2D eigenvalue weighted by molar-refractivity contribution is -0.142. The smallest absolute Gasteiger partial charge is 0.328 e. The topological polar surface area (TPSA) is 43.4 Å². The third-order valence-corrected chi connectivity index (χ3v) is 3.74. The number of ketones is 1. The summed E-state index contributed by atoms with van der Waals surface area (Å²) in [5, 5.41) is 0. The predicted octanol–water partition coefficient (Wildman–Crippen LogP) is 1.14. The van der Waals surface area contributed by atoms with Crippen LogP contribution in [0.1, 0.15) is 19.3 Å². The molecule has 0 aromatic rings. The number of hydrogen-bond donors (Lipinski definition) is 0. The van der Waals surface area contributed by atoms with E-state index in [-0.39, 0.29) is 17.6 Å². The number of halogens is 1. The molecule has 3 atom stereocenters. The summed E-state index contributed by atoms with van der Waals surface area (Å²) in [6, 6.07) is 0. The first-order valence-corrected chi connectivity index (χ1v) is 4.80. The second-order valence-corrected chi connectivity index (χ2v) is 4.33. The summed E-state index contributed by atoms with van der Waals surface area (Å²) in [5.74, 6) is -0.561. The molecule has 0 saturated heterocycles. The highest BCUT2D eigenvalue weighted by atomic mass is 35.5. The van der Waals surface area contributed by atoms with Gasteiger partial charge in [0.25, 0.3) is 0 Å². The highest BCUT2D eigenvalue weighted by Gasteiger charge is 2.73. The summed E-state index contributed by atoms with van der Waals surface area (Å²) in [6.07, 6.45) is 2.28. The zero-order valence-corrected chi connectivity index (χ0v) is 8.13. The summed E-state index contributed by atoms with van der Waals surface area (Å²) in [6.45, 7) is 0. The van der Waals surface area contributed by atoms with Gasteiger partial charge in [-0.05, 0) is 12.8 Å². The zero-order valence-electron chi connectivity index (χ0n) is 7.38. The quantitative estimate of drug-likeness (QED) is 0.473. The second kappa shape index (κ2) is 2.71. The van der Waals surface area contributed by atoms with Crippen LogP contribution in [0.5, 0.6) is 0 Å². The van der Waals surface area contributed by atoms with E-state index in [1.807, 2.05) is 0 Å². The Morgan fingerprint density at radius 2 is 2.38 bits per heavy atom. The number of carbonyl (C=O) groups is 2. The van der Waals surface area contributed by atoms with Crippen molar-refractivity contribution in [3.63, 3.8) is 0 Å². The standard InChI is InChI=1S/C9H11ClO3/c1-13-8(12)9(10)5-3-2-4-6(11)7(5)9/h5,7H,2-4H2,1H3/t5-,7-,9+/m1/s1. The van der Waals surface area contributed by atoms with E-state index in [1.54, 1.807) is 0 Å². The maximum absolute atomic E-state index is 11.4. The van der Waals surface area contributed by atoms with E-state index in [2.05, 4.69) is 4.74 Å². The molecule has 0 aliphatic heterocycles. The molecule has 2 aliphatic rings. The van der Waals surface area contributed by atoms with Crippen LogP contribution in [0.3, 0.4) is 0 Å². The number of carbonyl (C=O) groups excluding carboxylic acids is 2. The molecular formula is C9H11ClO3. The van der Waals surface area contributed by atoms with Gasteiger partial charge < -0.3 is 4.74 Å². The first-order chi connectivity index (χ1) is 6.12. The van der Waals surface area contributed by atoms with E-state index in [4.69, 9.17) is 11.6 Å². The van der Waals surface area contributed by atoms with Gasteiger partial charge in [0.2, 0.25) is 0 Å². The molecule has 2 fully saturated rings. The third-order valence-electron chi connectivity index (χ3n) is 3.07. The van der Waals surface area contributed by atoms with Crippen molar-refractivity contribution < 1.29 is 14.3 Å². The van der Waals surface area contributed by atoms with Crippen LogP contribution in [0.2, 0.25) is 0 Å². The monoisotopic (exact) mass is 202 g/mol. The maximum atomic E-state index is 11.4. The molecular weight excluding hydrogens is 192 g/mol. The fourth-order valence-electron chi connectivity index (χ4n) is 2.35. The van der Waals surface area contributed by atoms with Crippen LogP contribution < -0.4 is 0 Å². The molecule has 0 radical (unpaired) electrons. The molecule has 0 bridgehead atoms. The Kier molecular flexibility index (Phi) is 1.88. The lowest BCUT2D eigenvalue weighted by atomic mass is 10.00. The van der Waals surface area contributed by atoms with Gasteiger partial charge in [0.1, 0.15) is 5.78 Å². The summed E-state index contributed by atoms with van der Waals surface area (Å²) >= 11 is 6.07. The van der Waals surface area contributed by atoms with E-state index in [9.17, 15) is 9.59 Å². The minimum atomic E-state index is -1.01. The molecule has 0 unspecified atom stereocenters. The van der Waals surface area contributed by atoms with Crippen LogP contribution in [0.4, 0.5) is 0 Å². The number of hydrogen-bond acceptors (Lipinski definition) is 3. The van der Waals surface area contributed by atoms with E-state index < -0.39 is 10.8 Å². The Bertz CT molecular complexity index is 276. The number of fused-ring (bicyclic) bond motifs is 1. The van der Waals surface area contributed by atoms with Crippen LogP contribution in [-0.2, 0) is 14.3 Å². The van der Waals surface area contributed by atoms with Crippen molar-refractivity contribution >= 4 is 23.4 Å². The van der Waals surface area contributed by atoms with Gasteiger partial charge in [-0.25, -0.2) is 0 Å². The van der Waals surface area contributed by atoms with Crippen molar-refractivity contribution in [3.05, 3.63) is 0 Å². The number of rotatable bonds is 1. The highest BCUT2D eigenvalue weighted by Crippen LogP contribution is 2.61. The second-order valence-electron chi connectivity index (χ2n) is 3.70. The lowest BCUT2D eigenvalue weighted by Crippen LogP contribution is -2.23. The average molecular weight is 203 g/mol. The Hall–Kier alpha value is -0.570. The predicted molar refractivity (Wildman–Crippen MR) is 46.4 cm³/mol. The van der Waals surface area contributed by atoms with Gasteiger partial charge in [-0.1, -0.05) is 0 Å². The van der Waals surface area contributed by atoms with Gasteiger partial charge >= 0.3 is 5.97 Å². The number of methoxy groups -OCH3 is 1. The summed E-state index contributed by atoms with van der Waals surface area (Å²) in [5.41, 5.74) is 0. The average Bonchev–Trinajstić information content (AvgIpc) is 2.74. The van der Waals surface area contributed by atoms with Crippen molar-refractivity contribution in [1.29, 1.82) is 0 Å². The Balaban J connectivity index is 2.20. The van der Waals surface area contributed by atoms with Crippen LogP contribution >= 0.6 is 11.6 Å². The molecule has 2 aliphatic carbocycles. The number of esters is 1. The molecule has 72 valence electrons. The van der Waals surface area contributed by atoms with Gasteiger partial charge in [0, 0.05) is 12.3 Å². The van der Waals surface area contributed by atoms with Crippen LogP contribution in [0.15, 0.2) is 0 Å². The fraction of sp³-hybridized carbons (Fsp3) is 0.778. The van der Waals surface area contributed by atoms with Crippen molar-refractivity contribution in [3.8, 4) is 0 Å². The SMILES string of the molecule is COC(=O)[C@]1(Cl)[C@@H]2CCCC(=O)[C@@H]21. The first-order valence-electron chi connectivity index (χ1n) is 4.42. The molecule has 0 amide bonds. The first kappa shape index (κ1) is 9.00. The van der Waals surface area contributed by atoms with E-state index in [0.29, 0.717) is 6.42 Å². The molecule has 2 rings (SSSR count). The van der Waals surface area contributed by atoms with Gasteiger partial charge in [0.05, 0.1) is 13.0 Å². The molecule has 2 saturated carbocycles. The normalized spacial score (nSPS) is 42.5. The Labute approximate surface area is 81.4 Å². The molecule has 0 heterocycles. The van der Waals surface area contributed by atoms with Gasteiger partial charge in [-0.3, -0.25) is 9.59 Å². The van der Waals surface area contributed by atoms with Gasteiger partial charge in [-0.15, -0.1) is 11.6 Å².